The third kappa shape index (κ3) is 3.72. The predicted molar refractivity (Wildman–Crippen MR) is 105 cm³/mol. The number of aliphatic hydroxyl groups excluding tert-OH is 1. The molecule has 0 aliphatic heterocycles. The van der Waals surface area contributed by atoms with Gasteiger partial charge in [-0.25, -0.2) is 0 Å². The van der Waals surface area contributed by atoms with Crippen LogP contribution in [0.4, 0.5) is 5.69 Å². The Morgan fingerprint density at radius 2 is 1.83 bits per heavy atom. The van der Waals surface area contributed by atoms with E-state index in [1.807, 2.05) is 0 Å². The molecule has 0 fully saturated rings. The summed E-state index contributed by atoms with van der Waals surface area (Å²) in [5, 5.41) is 20.9. The molecule has 0 aliphatic rings. The van der Waals surface area contributed by atoms with Gasteiger partial charge in [0.1, 0.15) is 5.56 Å². The highest BCUT2D eigenvalue weighted by atomic mass is 16.5. The highest BCUT2D eigenvalue weighted by Gasteiger charge is 2.18. The number of anilines is 1. The van der Waals surface area contributed by atoms with Crippen LogP contribution in [0.5, 0.6) is 17.2 Å². The van der Waals surface area contributed by atoms with Crippen LogP contribution in [0.25, 0.3) is 11.0 Å². The van der Waals surface area contributed by atoms with Gasteiger partial charge in [0.25, 0.3) is 5.91 Å². The number of nitrogens with zero attached hydrogens (tertiary/aromatic N) is 1. The second-order valence-corrected chi connectivity index (χ2v) is 6.13. The van der Waals surface area contributed by atoms with Crippen LogP contribution in [0, 0.1) is 12.3 Å². The van der Waals surface area contributed by atoms with Gasteiger partial charge in [0, 0.05) is 35.0 Å². The molecule has 1 amide bonds. The third-order valence-electron chi connectivity index (χ3n) is 4.41. The zero-order valence-corrected chi connectivity index (χ0v) is 16.5. The average Bonchev–Trinajstić information content (AvgIpc) is 2.73. The summed E-state index contributed by atoms with van der Waals surface area (Å²) in [6.07, 6.45) is 1.51. The summed E-state index contributed by atoms with van der Waals surface area (Å²) in [6, 6.07) is 4.66. The number of amides is 1. The molecule has 9 heteroatoms. The number of aryl methyl sites for hydroxylation is 1. The molecule has 9 nitrogen and oxygen atoms in total. The number of benzene rings is 1. The Morgan fingerprint density at radius 3 is 2.38 bits per heavy atom. The minimum Gasteiger partial charge on any atom is -0.493 e. The van der Waals surface area contributed by atoms with Gasteiger partial charge in [-0.3, -0.25) is 15.2 Å². The van der Waals surface area contributed by atoms with Crippen molar-refractivity contribution in [2.75, 3.05) is 26.6 Å². The maximum absolute atomic E-state index is 12.8. The Balaban J connectivity index is 2.05. The lowest BCUT2D eigenvalue weighted by Crippen LogP contribution is -2.21. The number of rotatable bonds is 6. The lowest BCUT2D eigenvalue weighted by atomic mass is 10.1. The molecule has 29 heavy (non-hydrogen) atoms. The van der Waals surface area contributed by atoms with Crippen LogP contribution >= 0.6 is 0 Å². The van der Waals surface area contributed by atoms with Crippen molar-refractivity contribution < 1.29 is 28.5 Å². The van der Waals surface area contributed by atoms with E-state index in [0.717, 1.165) is 0 Å². The van der Waals surface area contributed by atoms with E-state index in [-0.39, 0.29) is 17.7 Å². The van der Waals surface area contributed by atoms with Crippen LogP contribution in [0.15, 0.2) is 28.8 Å². The van der Waals surface area contributed by atoms with Gasteiger partial charge in [-0.1, -0.05) is 0 Å². The molecule has 3 rings (SSSR count). The summed E-state index contributed by atoms with van der Waals surface area (Å²) in [6.45, 7) is 1.45. The molecule has 0 atom stereocenters. The Kier molecular flexibility index (Phi) is 5.69. The predicted octanol–water partition coefficient (Wildman–Crippen LogP) is 2.39. The molecular weight excluding hydrogens is 378 g/mol. The molecule has 152 valence electrons. The Morgan fingerprint density at radius 1 is 1.17 bits per heavy atom. The fourth-order valence-electron chi connectivity index (χ4n) is 2.94. The van der Waals surface area contributed by atoms with Crippen LogP contribution in [-0.4, -0.2) is 37.3 Å². The Bertz CT molecular complexity index is 1110. The smallest absolute Gasteiger partial charge is 0.261 e. The van der Waals surface area contributed by atoms with Crippen LogP contribution in [0.2, 0.25) is 0 Å². The van der Waals surface area contributed by atoms with E-state index in [0.29, 0.717) is 45.2 Å². The first kappa shape index (κ1) is 20.2. The molecule has 1 aromatic carbocycles. The van der Waals surface area contributed by atoms with Crippen LogP contribution in [-0.2, 0) is 6.61 Å². The number of carbonyl (C=O) groups is 1. The number of hydrogen-bond donors (Lipinski definition) is 3. The molecule has 0 unspecified atom stereocenters. The monoisotopic (exact) mass is 399 g/mol. The summed E-state index contributed by atoms with van der Waals surface area (Å²) in [7, 11) is 4.43. The minimum absolute atomic E-state index is 0.00607. The van der Waals surface area contributed by atoms with Gasteiger partial charge in [0.2, 0.25) is 11.3 Å². The van der Waals surface area contributed by atoms with Crippen LogP contribution in [0.3, 0.4) is 0 Å². The van der Waals surface area contributed by atoms with Crippen molar-refractivity contribution in [2.45, 2.75) is 13.5 Å². The molecule has 0 spiro atoms. The second-order valence-electron chi connectivity index (χ2n) is 6.13. The zero-order valence-electron chi connectivity index (χ0n) is 16.5. The summed E-state index contributed by atoms with van der Waals surface area (Å²) in [5.74, 6) is 0.583. The summed E-state index contributed by atoms with van der Waals surface area (Å²) < 4.78 is 21.4. The minimum atomic E-state index is -0.562. The number of aliphatic hydroxyl groups is 1. The average molecular weight is 399 g/mol. The van der Waals surface area contributed by atoms with Crippen molar-refractivity contribution in [1.82, 2.24) is 4.98 Å². The Labute approximate surface area is 166 Å². The van der Waals surface area contributed by atoms with E-state index >= 15 is 0 Å². The van der Waals surface area contributed by atoms with Crippen molar-refractivity contribution in [1.29, 1.82) is 5.41 Å². The fraction of sp³-hybridized carbons (Fsp3) is 0.250. The molecular formula is C20H21N3O6. The highest BCUT2D eigenvalue weighted by molar-refractivity contribution is 6.05. The lowest BCUT2D eigenvalue weighted by molar-refractivity contribution is 0.102. The number of pyridine rings is 1. The molecule has 2 aromatic heterocycles. The van der Waals surface area contributed by atoms with E-state index in [4.69, 9.17) is 24.0 Å². The molecule has 0 saturated heterocycles. The summed E-state index contributed by atoms with van der Waals surface area (Å²) in [4.78, 5) is 17.0. The second kappa shape index (κ2) is 8.19. The van der Waals surface area contributed by atoms with Gasteiger partial charge < -0.3 is 29.1 Å². The van der Waals surface area contributed by atoms with Crippen LogP contribution < -0.4 is 25.1 Å². The number of methoxy groups -OCH3 is 3. The first-order valence-electron chi connectivity index (χ1n) is 8.62. The van der Waals surface area contributed by atoms with Gasteiger partial charge in [0.15, 0.2) is 17.1 Å². The SMILES string of the molecule is COc1cc(NC(=O)c2cc3c(CO)cnc(C)c3oc2=N)cc(OC)c1OC. The van der Waals surface area contributed by atoms with E-state index in [1.54, 1.807) is 19.1 Å². The topological polar surface area (TPSA) is 127 Å². The number of aromatic nitrogens is 1. The van der Waals surface area contributed by atoms with Crippen molar-refractivity contribution >= 4 is 22.6 Å². The molecule has 3 N–H and O–H groups in total. The van der Waals surface area contributed by atoms with Gasteiger partial charge >= 0.3 is 0 Å². The quantitative estimate of drug-likeness (QED) is 0.581. The molecule has 3 aromatic rings. The Hall–Kier alpha value is -3.59. The maximum atomic E-state index is 12.8. The van der Waals surface area contributed by atoms with Gasteiger partial charge in [-0.15, -0.1) is 0 Å². The van der Waals surface area contributed by atoms with E-state index in [9.17, 15) is 9.90 Å². The van der Waals surface area contributed by atoms with Crippen molar-refractivity contribution in [2.24, 2.45) is 0 Å². The number of ether oxygens (including phenoxy) is 3. The third-order valence-corrected chi connectivity index (χ3v) is 4.41. The normalized spacial score (nSPS) is 10.7. The number of fused-ring (bicyclic) bond motifs is 1. The van der Waals surface area contributed by atoms with E-state index in [1.165, 1.54) is 33.6 Å². The maximum Gasteiger partial charge on any atom is 0.261 e. The highest BCUT2D eigenvalue weighted by Crippen LogP contribution is 2.40. The molecule has 0 saturated carbocycles. The molecule has 2 heterocycles. The first-order valence-corrected chi connectivity index (χ1v) is 8.62. The fourth-order valence-corrected chi connectivity index (χ4v) is 2.94. The van der Waals surface area contributed by atoms with Crippen LogP contribution in [0.1, 0.15) is 21.6 Å². The molecule has 0 radical (unpaired) electrons. The summed E-state index contributed by atoms with van der Waals surface area (Å²) >= 11 is 0. The largest absolute Gasteiger partial charge is 0.493 e. The number of carbonyl (C=O) groups excluding carboxylic acids is 1. The van der Waals surface area contributed by atoms with Gasteiger partial charge in [-0.05, 0) is 13.0 Å². The van der Waals surface area contributed by atoms with Crippen molar-refractivity contribution in [3.8, 4) is 17.2 Å². The molecule has 0 aliphatic carbocycles. The van der Waals surface area contributed by atoms with E-state index < -0.39 is 5.91 Å². The van der Waals surface area contributed by atoms with E-state index in [2.05, 4.69) is 10.3 Å². The standard InChI is InChI=1S/C20H21N3O6/c1-10-17-13(11(9-24)8-22-10)7-14(19(21)29-17)20(25)23-12-5-15(26-2)18(28-4)16(6-12)27-3/h5-8,21,24H,9H2,1-4H3,(H,23,25). The van der Waals surface area contributed by atoms with Gasteiger partial charge in [-0.2, -0.15) is 0 Å². The van der Waals surface area contributed by atoms with Crippen molar-refractivity contribution in [3.63, 3.8) is 0 Å². The number of nitrogens with one attached hydrogen (secondary N) is 2. The first-order chi connectivity index (χ1) is 13.9. The molecule has 0 bridgehead atoms. The summed E-state index contributed by atoms with van der Waals surface area (Å²) in [5.41, 5.74) is 1.48. The lowest BCUT2D eigenvalue weighted by Gasteiger charge is -2.15. The zero-order chi connectivity index (χ0) is 21.1. The van der Waals surface area contributed by atoms with Crippen molar-refractivity contribution in [3.05, 3.63) is 46.8 Å². The number of hydrogen-bond acceptors (Lipinski definition) is 8. The van der Waals surface area contributed by atoms with Gasteiger partial charge in [0.05, 0.1) is 33.6 Å².